The van der Waals surface area contributed by atoms with Gasteiger partial charge in [0.05, 0.1) is 11.6 Å². The maximum atomic E-state index is 9.51. The van der Waals surface area contributed by atoms with Crippen molar-refractivity contribution in [1.29, 1.82) is 5.26 Å². The molecule has 7 aromatic rings. The van der Waals surface area contributed by atoms with Crippen molar-refractivity contribution in [3.05, 3.63) is 121 Å². The molecule has 0 atom stereocenters. The molecule has 0 bridgehead atoms. The van der Waals surface area contributed by atoms with E-state index < -0.39 is 0 Å². The molecule has 2 heteroatoms. The molecule has 1 aromatic heterocycles. The number of nitriles is 1. The summed E-state index contributed by atoms with van der Waals surface area (Å²) >= 11 is 0. The van der Waals surface area contributed by atoms with Crippen molar-refractivity contribution in [2.45, 2.75) is 0 Å². The van der Waals surface area contributed by atoms with Crippen LogP contribution >= 0.6 is 0 Å². The first-order valence-corrected chi connectivity index (χ1v) is 11.7. The fraction of sp³-hybridized carbons (Fsp3) is 0. The molecule has 35 heavy (non-hydrogen) atoms. The zero-order chi connectivity index (χ0) is 23.4. The molecule has 0 aliphatic rings. The second-order valence-electron chi connectivity index (χ2n) is 8.84. The highest BCUT2D eigenvalue weighted by atomic mass is 16.3. The fourth-order valence-electron chi connectivity index (χ4n) is 5.38. The summed E-state index contributed by atoms with van der Waals surface area (Å²) in [6.45, 7) is 0. The van der Waals surface area contributed by atoms with Gasteiger partial charge in [-0.25, -0.2) is 0 Å². The van der Waals surface area contributed by atoms with Crippen molar-refractivity contribution in [2.75, 3.05) is 0 Å². The molecular weight excluding hydrogens is 426 g/mol. The van der Waals surface area contributed by atoms with E-state index in [1.807, 2.05) is 30.3 Å². The van der Waals surface area contributed by atoms with Crippen LogP contribution in [0.3, 0.4) is 0 Å². The topological polar surface area (TPSA) is 36.9 Å². The number of hydrogen-bond donors (Lipinski definition) is 0. The van der Waals surface area contributed by atoms with E-state index in [4.69, 9.17) is 4.42 Å². The first-order valence-electron chi connectivity index (χ1n) is 11.7. The number of rotatable bonds is 2. The summed E-state index contributed by atoms with van der Waals surface area (Å²) in [6.07, 6.45) is 0. The van der Waals surface area contributed by atoms with Crippen LogP contribution in [0.1, 0.15) is 5.56 Å². The molecule has 7 rings (SSSR count). The minimum Gasteiger partial charge on any atom is -0.456 e. The van der Waals surface area contributed by atoms with Crippen LogP contribution in [0.5, 0.6) is 0 Å². The molecule has 2 nitrogen and oxygen atoms in total. The number of fused-ring (bicyclic) bond motifs is 5. The Kier molecular flexibility index (Phi) is 4.24. The number of para-hydroxylation sites is 1. The van der Waals surface area contributed by atoms with Crippen molar-refractivity contribution in [2.24, 2.45) is 0 Å². The quantitative estimate of drug-likeness (QED) is 0.249. The fourth-order valence-corrected chi connectivity index (χ4v) is 5.38. The lowest BCUT2D eigenvalue weighted by Crippen LogP contribution is -1.91. The van der Waals surface area contributed by atoms with Crippen LogP contribution in [0, 0.1) is 11.3 Å². The van der Waals surface area contributed by atoms with E-state index in [0.717, 1.165) is 38.6 Å². The maximum absolute atomic E-state index is 9.51. The van der Waals surface area contributed by atoms with E-state index in [1.165, 1.54) is 27.1 Å². The lowest BCUT2D eigenvalue weighted by Gasteiger charge is -2.17. The monoisotopic (exact) mass is 445 g/mol. The van der Waals surface area contributed by atoms with E-state index in [0.29, 0.717) is 5.56 Å². The van der Waals surface area contributed by atoms with E-state index >= 15 is 0 Å². The summed E-state index contributed by atoms with van der Waals surface area (Å²) in [5.41, 5.74) is 7.05. The van der Waals surface area contributed by atoms with Gasteiger partial charge >= 0.3 is 0 Å². The van der Waals surface area contributed by atoms with Gasteiger partial charge in [-0.15, -0.1) is 0 Å². The largest absolute Gasteiger partial charge is 0.456 e. The number of furan rings is 1. The number of nitrogens with zero attached hydrogens (tertiary/aromatic N) is 1. The summed E-state index contributed by atoms with van der Waals surface area (Å²) in [5.74, 6) is 0. The van der Waals surface area contributed by atoms with Gasteiger partial charge in [-0.3, -0.25) is 0 Å². The predicted octanol–water partition coefficient (Wildman–Crippen LogP) is 9.10. The summed E-state index contributed by atoms with van der Waals surface area (Å²) in [7, 11) is 0. The van der Waals surface area contributed by atoms with Crippen molar-refractivity contribution in [3.8, 4) is 28.3 Å². The summed E-state index contributed by atoms with van der Waals surface area (Å²) in [6, 6.07) is 42.0. The molecule has 0 unspecified atom stereocenters. The summed E-state index contributed by atoms with van der Waals surface area (Å²) in [4.78, 5) is 0. The molecule has 6 aromatic carbocycles. The first kappa shape index (κ1) is 19.6. The van der Waals surface area contributed by atoms with Crippen LogP contribution in [0.4, 0.5) is 0 Å². The second kappa shape index (κ2) is 7.58. The van der Waals surface area contributed by atoms with Gasteiger partial charge in [-0.05, 0) is 74.1 Å². The zero-order valence-corrected chi connectivity index (χ0v) is 18.8. The van der Waals surface area contributed by atoms with E-state index in [2.05, 4.69) is 91.0 Å². The van der Waals surface area contributed by atoms with Gasteiger partial charge in [-0.1, -0.05) is 84.9 Å². The Morgan fingerprint density at radius 1 is 0.457 bits per heavy atom. The normalized spacial score (nSPS) is 11.4. The highest BCUT2D eigenvalue weighted by Crippen LogP contribution is 2.44. The van der Waals surface area contributed by atoms with Crippen LogP contribution < -0.4 is 0 Å². The highest BCUT2D eigenvalue weighted by Gasteiger charge is 2.17. The van der Waals surface area contributed by atoms with Gasteiger partial charge in [0.2, 0.25) is 0 Å². The Bertz CT molecular complexity index is 1910. The minimum absolute atomic E-state index is 0.664. The summed E-state index contributed by atoms with van der Waals surface area (Å²) in [5, 5.41) is 16.5. The van der Waals surface area contributed by atoms with Crippen LogP contribution in [0.2, 0.25) is 0 Å². The van der Waals surface area contributed by atoms with Gasteiger partial charge in [0.1, 0.15) is 11.2 Å². The maximum Gasteiger partial charge on any atom is 0.135 e. The highest BCUT2D eigenvalue weighted by molar-refractivity contribution is 6.22. The zero-order valence-electron chi connectivity index (χ0n) is 18.8. The van der Waals surface area contributed by atoms with Crippen LogP contribution in [0.15, 0.2) is 120 Å². The van der Waals surface area contributed by atoms with Crippen molar-refractivity contribution in [3.63, 3.8) is 0 Å². The molecule has 0 radical (unpaired) electrons. The molecular formula is C33H19NO. The van der Waals surface area contributed by atoms with Crippen molar-refractivity contribution >= 4 is 43.5 Å². The van der Waals surface area contributed by atoms with Crippen LogP contribution in [-0.4, -0.2) is 0 Å². The molecule has 0 amide bonds. The third-order valence-electron chi connectivity index (χ3n) is 6.88. The smallest absolute Gasteiger partial charge is 0.135 e. The van der Waals surface area contributed by atoms with Gasteiger partial charge in [0, 0.05) is 10.8 Å². The standard InChI is InChI=1S/C33H19NO/c34-20-21-8-7-9-22(18-21)32-25-11-1-3-13-27(25)33(28-14-4-2-12-26(28)32)23-16-17-31-29(19-23)24-10-5-6-15-30(24)35-31/h1-19H. The predicted molar refractivity (Wildman–Crippen MR) is 144 cm³/mol. The Morgan fingerprint density at radius 3 is 1.63 bits per heavy atom. The molecule has 0 fully saturated rings. The van der Waals surface area contributed by atoms with Gasteiger partial charge in [-0.2, -0.15) is 5.26 Å². The van der Waals surface area contributed by atoms with Gasteiger partial charge in [0.25, 0.3) is 0 Å². The molecule has 0 saturated carbocycles. The van der Waals surface area contributed by atoms with E-state index in [-0.39, 0.29) is 0 Å². The molecule has 0 N–H and O–H groups in total. The third kappa shape index (κ3) is 2.96. The molecule has 0 saturated heterocycles. The average molecular weight is 446 g/mol. The minimum atomic E-state index is 0.664. The van der Waals surface area contributed by atoms with E-state index in [9.17, 15) is 5.26 Å². The Balaban J connectivity index is 1.61. The Morgan fingerprint density at radius 2 is 1.00 bits per heavy atom. The van der Waals surface area contributed by atoms with Crippen LogP contribution in [0.25, 0.3) is 65.7 Å². The molecule has 162 valence electrons. The molecule has 0 spiro atoms. The first-order chi connectivity index (χ1) is 17.3. The van der Waals surface area contributed by atoms with Gasteiger partial charge in [0.15, 0.2) is 0 Å². The second-order valence-corrected chi connectivity index (χ2v) is 8.84. The van der Waals surface area contributed by atoms with Gasteiger partial charge < -0.3 is 4.42 Å². The van der Waals surface area contributed by atoms with Crippen molar-refractivity contribution < 1.29 is 4.42 Å². The molecule has 0 aliphatic heterocycles. The van der Waals surface area contributed by atoms with Crippen LogP contribution in [-0.2, 0) is 0 Å². The lowest BCUT2D eigenvalue weighted by molar-refractivity contribution is 0.669. The molecule has 1 heterocycles. The number of benzene rings is 6. The van der Waals surface area contributed by atoms with E-state index in [1.54, 1.807) is 0 Å². The average Bonchev–Trinajstić information content (AvgIpc) is 3.29. The SMILES string of the molecule is N#Cc1cccc(-c2c3ccccc3c(-c3ccc4oc5ccccc5c4c3)c3ccccc23)c1. The molecule has 0 aliphatic carbocycles. The van der Waals surface area contributed by atoms with Crippen molar-refractivity contribution in [1.82, 2.24) is 0 Å². The summed E-state index contributed by atoms with van der Waals surface area (Å²) < 4.78 is 6.09. The Labute approximate surface area is 202 Å². The lowest BCUT2D eigenvalue weighted by atomic mass is 9.85. The third-order valence-corrected chi connectivity index (χ3v) is 6.88. The number of hydrogen-bond acceptors (Lipinski definition) is 2. The Hall–Kier alpha value is -4.87.